The Hall–Kier alpha value is -2.07. The lowest BCUT2D eigenvalue weighted by Crippen LogP contribution is -2.08. The number of nitro groups is 1. The number of halogens is 1. The van der Waals surface area contributed by atoms with Crippen LogP contribution in [-0.4, -0.2) is 4.92 Å². The van der Waals surface area contributed by atoms with E-state index in [1.54, 1.807) is 12.1 Å². The smallest absolute Gasteiger partial charge is 0.269 e. The van der Waals surface area contributed by atoms with Crippen molar-refractivity contribution >= 4 is 23.0 Å². The van der Waals surface area contributed by atoms with E-state index in [4.69, 9.17) is 11.6 Å². The second-order valence-electron chi connectivity index (χ2n) is 4.63. The molecule has 4 nitrogen and oxygen atoms in total. The fraction of sp³-hybridized carbons (Fsp3) is 0.200. The van der Waals surface area contributed by atoms with Crippen LogP contribution in [-0.2, 0) is 0 Å². The summed E-state index contributed by atoms with van der Waals surface area (Å²) in [5, 5.41) is 14.8. The highest BCUT2D eigenvalue weighted by Gasteiger charge is 2.12. The number of non-ortho nitro benzene ring substituents is 1. The predicted molar refractivity (Wildman–Crippen MR) is 81.3 cm³/mol. The molecule has 0 bridgehead atoms. The zero-order valence-corrected chi connectivity index (χ0v) is 12.0. The Morgan fingerprint density at radius 3 is 2.65 bits per heavy atom. The van der Waals surface area contributed by atoms with Gasteiger partial charge in [-0.15, -0.1) is 0 Å². The maximum absolute atomic E-state index is 10.8. The van der Waals surface area contributed by atoms with Crippen LogP contribution < -0.4 is 5.32 Å². The molecule has 0 amide bonds. The van der Waals surface area contributed by atoms with Crippen molar-refractivity contribution in [2.24, 2.45) is 0 Å². The van der Waals surface area contributed by atoms with E-state index < -0.39 is 0 Å². The molecule has 0 aliphatic heterocycles. The van der Waals surface area contributed by atoms with E-state index in [-0.39, 0.29) is 16.7 Å². The zero-order valence-electron chi connectivity index (χ0n) is 11.3. The molecule has 2 aromatic carbocycles. The topological polar surface area (TPSA) is 55.2 Å². The quantitative estimate of drug-likeness (QED) is 0.654. The van der Waals surface area contributed by atoms with Gasteiger partial charge in [0.2, 0.25) is 0 Å². The van der Waals surface area contributed by atoms with Crippen molar-refractivity contribution in [2.45, 2.75) is 19.9 Å². The molecule has 5 heteroatoms. The van der Waals surface area contributed by atoms with Gasteiger partial charge in [-0.3, -0.25) is 10.1 Å². The Morgan fingerprint density at radius 2 is 1.95 bits per heavy atom. The number of nitrogens with zero attached hydrogens (tertiary/aromatic N) is 1. The van der Waals surface area contributed by atoms with E-state index in [1.807, 2.05) is 38.1 Å². The average molecular weight is 291 g/mol. The van der Waals surface area contributed by atoms with Gasteiger partial charge in [0.15, 0.2) is 0 Å². The van der Waals surface area contributed by atoms with Gasteiger partial charge >= 0.3 is 0 Å². The SMILES string of the molecule is Cc1c(Cl)cccc1NC(C)c1cccc([N+](=O)[O-])c1. The van der Waals surface area contributed by atoms with Crippen molar-refractivity contribution in [2.75, 3.05) is 5.32 Å². The van der Waals surface area contributed by atoms with Crippen molar-refractivity contribution in [1.82, 2.24) is 0 Å². The molecule has 1 atom stereocenters. The van der Waals surface area contributed by atoms with Crippen molar-refractivity contribution in [1.29, 1.82) is 0 Å². The Bertz CT molecular complexity index is 644. The third-order valence-corrected chi connectivity index (χ3v) is 3.63. The summed E-state index contributed by atoms with van der Waals surface area (Å²) in [6.07, 6.45) is 0. The molecule has 0 saturated carbocycles. The molecule has 0 heterocycles. The highest BCUT2D eigenvalue weighted by molar-refractivity contribution is 6.31. The number of benzene rings is 2. The van der Waals surface area contributed by atoms with Gasteiger partial charge in [0.25, 0.3) is 5.69 Å². The van der Waals surface area contributed by atoms with Crippen molar-refractivity contribution < 1.29 is 4.92 Å². The van der Waals surface area contributed by atoms with E-state index in [0.29, 0.717) is 5.02 Å². The first kappa shape index (κ1) is 14.3. The summed E-state index contributed by atoms with van der Waals surface area (Å²) in [5.74, 6) is 0. The molecular weight excluding hydrogens is 276 g/mol. The Kier molecular flexibility index (Phi) is 4.25. The van der Waals surface area contributed by atoms with Crippen molar-refractivity contribution in [3.63, 3.8) is 0 Å². The van der Waals surface area contributed by atoms with Crippen LogP contribution in [0, 0.1) is 17.0 Å². The second kappa shape index (κ2) is 5.92. The molecule has 0 saturated heterocycles. The summed E-state index contributed by atoms with van der Waals surface area (Å²) in [7, 11) is 0. The fourth-order valence-electron chi connectivity index (χ4n) is 1.99. The normalized spacial score (nSPS) is 11.9. The van der Waals surface area contributed by atoms with Crippen LogP contribution in [0.5, 0.6) is 0 Å². The maximum atomic E-state index is 10.8. The summed E-state index contributed by atoms with van der Waals surface area (Å²) >= 11 is 6.08. The Labute approximate surface area is 122 Å². The summed E-state index contributed by atoms with van der Waals surface area (Å²) in [4.78, 5) is 10.4. The van der Waals surface area contributed by atoms with Crippen LogP contribution in [0.4, 0.5) is 11.4 Å². The number of hydrogen-bond donors (Lipinski definition) is 1. The molecule has 1 N–H and O–H groups in total. The lowest BCUT2D eigenvalue weighted by atomic mass is 10.1. The van der Waals surface area contributed by atoms with Crippen LogP contribution in [0.15, 0.2) is 42.5 Å². The molecule has 20 heavy (non-hydrogen) atoms. The van der Waals surface area contributed by atoms with Gasteiger partial charge in [-0.25, -0.2) is 0 Å². The van der Waals surface area contributed by atoms with E-state index in [0.717, 1.165) is 16.8 Å². The zero-order chi connectivity index (χ0) is 14.7. The van der Waals surface area contributed by atoms with Gasteiger partial charge in [-0.05, 0) is 37.1 Å². The van der Waals surface area contributed by atoms with Gasteiger partial charge in [0.1, 0.15) is 0 Å². The molecule has 1 unspecified atom stereocenters. The number of nitro benzene ring substituents is 1. The minimum Gasteiger partial charge on any atom is -0.378 e. The summed E-state index contributed by atoms with van der Waals surface area (Å²) in [6.45, 7) is 3.89. The molecule has 2 aromatic rings. The highest BCUT2D eigenvalue weighted by atomic mass is 35.5. The first-order valence-corrected chi connectivity index (χ1v) is 6.63. The van der Waals surface area contributed by atoms with Gasteiger partial charge in [0, 0.05) is 28.9 Å². The van der Waals surface area contributed by atoms with Crippen LogP contribution in [0.25, 0.3) is 0 Å². The number of hydrogen-bond acceptors (Lipinski definition) is 3. The van der Waals surface area contributed by atoms with Crippen molar-refractivity contribution in [3.8, 4) is 0 Å². The molecule has 2 rings (SSSR count). The van der Waals surface area contributed by atoms with Gasteiger partial charge in [-0.1, -0.05) is 29.8 Å². The van der Waals surface area contributed by atoms with Gasteiger partial charge in [0.05, 0.1) is 4.92 Å². The Balaban J connectivity index is 2.24. The molecule has 0 aliphatic carbocycles. The monoisotopic (exact) mass is 290 g/mol. The lowest BCUT2D eigenvalue weighted by molar-refractivity contribution is -0.384. The predicted octanol–water partition coefficient (Wildman–Crippen LogP) is 4.73. The maximum Gasteiger partial charge on any atom is 0.269 e. The molecular formula is C15H15ClN2O2. The van der Waals surface area contributed by atoms with E-state index in [9.17, 15) is 10.1 Å². The second-order valence-corrected chi connectivity index (χ2v) is 5.04. The summed E-state index contributed by atoms with van der Waals surface area (Å²) in [6, 6.07) is 12.2. The standard InChI is InChI=1S/C15H15ClN2O2/c1-10-14(16)7-4-8-15(10)17-11(2)12-5-3-6-13(9-12)18(19)20/h3-9,11,17H,1-2H3. The first-order chi connectivity index (χ1) is 9.49. The minimum absolute atomic E-state index is 0.0490. The fourth-order valence-corrected chi connectivity index (χ4v) is 2.16. The van der Waals surface area contributed by atoms with Crippen LogP contribution in [0.1, 0.15) is 24.1 Å². The highest BCUT2D eigenvalue weighted by Crippen LogP contribution is 2.27. The largest absolute Gasteiger partial charge is 0.378 e. The van der Waals surface area contributed by atoms with Crippen LogP contribution in [0.2, 0.25) is 5.02 Å². The number of rotatable bonds is 4. The average Bonchev–Trinajstić information content (AvgIpc) is 2.44. The summed E-state index contributed by atoms with van der Waals surface area (Å²) in [5.41, 5.74) is 2.85. The van der Waals surface area contributed by atoms with Gasteiger partial charge < -0.3 is 5.32 Å². The minimum atomic E-state index is -0.388. The molecule has 104 valence electrons. The molecule has 0 aromatic heterocycles. The number of nitrogens with one attached hydrogen (secondary N) is 1. The molecule has 0 aliphatic rings. The first-order valence-electron chi connectivity index (χ1n) is 6.25. The molecule has 0 fully saturated rings. The van der Waals surface area contributed by atoms with E-state index in [1.165, 1.54) is 6.07 Å². The van der Waals surface area contributed by atoms with E-state index in [2.05, 4.69) is 5.32 Å². The molecule has 0 radical (unpaired) electrons. The molecule has 0 spiro atoms. The number of anilines is 1. The summed E-state index contributed by atoms with van der Waals surface area (Å²) < 4.78 is 0. The van der Waals surface area contributed by atoms with Crippen molar-refractivity contribution in [3.05, 3.63) is 68.7 Å². The Morgan fingerprint density at radius 1 is 1.25 bits per heavy atom. The third kappa shape index (κ3) is 3.08. The van der Waals surface area contributed by atoms with Crippen LogP contribution >= 0.6 is 11.6 Å². The van der Waals surface area contributed by atoms with Crippen LogP contribution in [0.3, 0.4) is 0 Å². The van der Waals surface area contributed by atoms with E-state index >= 15 is 0 Å². The lowest BCUT2D eigenvalue weighted by Gasteiger charge is -2.17. The van der Waals surface area contributed by atoms with Gasteiger partial charge in [-0.2, -0.15) is 0 Å². The third-order valence-electron chi connectivity index (χ3n) is 3.22.